The first kappa shape index (κ1) is 82.8. The summed E-state index contributed by atoms with van der Waals surface area (Å²) in [7, 11) is 0. The number of halogens is 4. The van der Waals surface area contributed by atoms with Gasteiger partial charge in [-0.25, -0.2) is 17.6 Å². The van der Waals surface area contributed by atoms with Gasteiger partial charge >= 0.3 is 0 Å². The van der Waals surface area contributed by atoms with Gasteiger partial charge < -0.3 is 21.3 Å². The van der Waals surface area contributed by atoms with Crippen LogP contribution in [0.2, 0.25) is 0 Å². The van der Waals surface area contributed by atoms with Crippen LogP contribution in [0, 0.1) is 51.0 Å². The first-order chi connectivity index (χ1) is 58.2. The number of aryl methyl sites for hydroxylation is 8. The summed E-state index contributed by atoms with van der Waals surface area (Å²) < 4.78 is 52.6. The van der Waals surface area contributed by atoms with Gasteiger partial charge in [-0.1, -0.05) is 62.4 Å². The van der Waals surface area contributed by atoms with Crippen molar-refractivity contribution in [2.45, 2.75) is 204 Å². The minimum atomic E-state index is -0.404. The van der Waals surface area contributed by atoms with E-state index in [1.807, 2.05) is 75.6 Å². The molecule has 12 aromatic rings. The fraction of sp³-hybridized carbons (Fsp3) is 0.320. The van der Waals surface area contributed by atoms with Crippen molar-refractivity contribution in [3.63, 3.8) is 0 Å². The maximum atomic E-state index is 13.2. The molecule has 6 aliphatic rings. The predicted molar refractivity (Wildman–Crippen MR) is 455 cm³/mol. The van der Waals surface area contributed by atoms with Crippen LogP contribution in [-0.4, -0.2) is 63.5 Å². The molecule has 0 aliphatic heterocycles. The van der Waals surface area contributed by atoms with Gasteiger partial charge in [0.15, 0.2) is 0 Å². The zero-order chi connectivity index (χ0) is 83.6. The van der Waals surface area contributed by atoms with Gasteiger partial charge in [-0.05, 0) is 331 Å². The molecule has 0 saturated heterocycles. The number of carbonyl (C=O) groups excluding carboxylic acids is 4. The lowest BCUT2D eigenvalue weighted by Crippen LogP contribution is -2.36. The van der Waals surface area contributed by atoms with Crippen molar-refractivity contribution in [2.24, 2.45) is 0 Å². The lowest BCUT2D eigenvalue weighted by Gasteiger charge is -2.27. The second-order valence-electron chi connectivity index (χ2n) is 32.9. The van der Waals surface area contributed by atoms with Crippen LogP contribution in [-0.2, 0) is 36.8 Å². The molecule has 0 bridgehead atoms. The van der Waals surface area contributed by atoms with Gasteiger partial charge in [-0.15, -0.1) is 0 Å². The van der Waals surface area contributed by atoms with E-state index in [4.69, 9.17) is 19.9 Å². The minimum Gasteiger partial charge on any atom is -0.344 e. The molecule has 16 nitrogen and oxygen atoms in total. The summed E-state index contributed by atoms with van der Waals surface area (Å²) in [4.78, 5) is 87.9. The van der Waals surface area contributed by atoms with Crippen molar-refractivity contribution in [2.75, 3.05) is 0 Å². The Bertz CT molecular complexity index is 5360. The van der Waals surface area contributed by atoms with Gasteiger partial charge in [0.2, 0.25) is 0 Å². The molecule has 0 radical (unpaired) electrons. The maximum Gasteiger partial charge on any atom is 0.252 e. The lowest BCUT2D eigenvalue weighted by atomic mass is 9.81. The van der Waals surface area contributed by atoms with Crippen LogP contribution in [0.15, 0.2) is 219 Å². The number of aromatic nitrogens is 8. The maximum absolute atomic E-state index is 13.2. The number of nitrogens with zero attached hydrogens (tertiary/aromatic N) is 8. The van der Waals surface area contributed by atoms with Crippen molar-refractivity contribution in [3.8, 4) is 0 Å². The quantitative estimate of drug-likeness (QED) is 0.0590. The summed E-state index contributed by atoms with van der Waals surface area (Å²) in [5, 5.41) is 12.4. The number of benzene rings is 4. The van der Waals surface area contributed by atoms with Crippen molar-refractivity contribution < 1.29 is 36.7 Å². The van der Waals surface area contributed by atoms with E-state index in [0.717, 1.165) is 161 Å². The van der Waals surface area contributed by atoms with Crippen molar-refractivity contribution in [1.29, 1.82) is 0 Å². The predicted octanol–water partition coefficient (Wildman–Crippen LogP) is 20.2. The van der Waals surface area contributed by atoms with E-state index >= 15 is 0 Å². The number of pyridine rings is 8. The number of fused-ring (bicyclic) bond motifs is 4. The van der Waals surface area contributed by atoms with Crippen molar-refractivity contribution in [1.82, 2.24) is 61.1 Å². The van der Waals surface area contributed by atoms with Gasteiger partial charge in [0, 0.05) is 118 Å². The molecule has 0 spiro atoms. The molecule has 4 amide bonds. The number of hydrogen-bond donors (Lipinski definition) is 4. The average molecular weight is 1610 g/mol. The van der Waals surface area contributed by atoms with Crippen LogP contribution in [0.4, 0.5) is 17.6 Å². The highest BCUT2D eigenvalue weighted by Gasteiger charge is 2.49. The molecule has 6 atom stereocenters. The van der Waals surface area contributed by atoms with Crippen LogP contribution in [0.3, 0.4) is 0 Å². The number of amides is 4. The third-order valence-electron chi connectivity index (χ3n) is 24.2. The van der Waals surface area contributed by atoms with Gasteiger partial charge in [0.05, 0.1) is 45.9 Å². The van der Waals surface area contributed by atoms with Crippen LogP contribution < -0.4 is 21.3 Å². The van der Waals surface area contributed by atoms with E-state index in [9.17, 15) is 36.7 Å². The summed E-state index contributed by atoms with van der Waals surface area (Å²) in [6.07, 6.45) is 32.9. The Labute approximate surface area is 698 Å². The minimum absolute atomic E-state index is 0.185. The Kier molecular flexibility index (Phi) is 25.5. The fourth-order valence-corrected chi connectivity index (χ4v) is 17.4. The summed E-state index contributed by atoms with van der Waals surface area (Å²) in [5.74, 6) is -0.917. The molecule has 120 heavy (non-hydrogen) atoms. The molecular formula is C100H100F4N12O4. The third kappa shape index (κ3) is 19.5. The molecular weight excluding hydrogens is 1510 g/mol. The summed E-state index contributed by atoms with van der Waals surface area (Å²) >= 11 is 0. The zero-order valence-electron chi connectivity index (χ0n) is 68.7. The molecule has 4 aromatic carbocycles. The first-order valence-electron chi connectivity index (χ1n) is 42.1. The zero-order valence-corrected chi connectivity index (χ0v) is 68.7. The van der Waals surface area contributed by atoms with Gasteiger partial charge in [-0.2, -0.15) is 0 Å². The molecule has 20 heteroatoms. The summed E-state index contributed by atoms with van der Waals surface area (Å²) in [6.45, 7) is 12.3. The molecule has 6 aliphatic carbocycles. The Morgan fingerprint density at radius 2 is 0.600 bits per heavy atom. The second-order valence-corrected chi connectivity index (χ2v) is 32.9. The normalized spacial score (nSPS) is 17.8. The number of hydrogen-bond acceptors (Lipinski definition) is 12. The Hall–Kier alpha value is -12.3. The fourth-order valence-electron chi connectivity index (χ4n) is 17.4. The van der Waals surface area contributed by atoms with E-state index in [2.05, 4.69) is 130 Å². The van der Waals surface area contributed by atoms with Crippen molar-refractivity contribution >= 4 is 23.6 Å². The molecule has 612 valence electrons. The van der Waals surface area contributed by atoms with E-state index in [-0.39, 0.29) is 59.0 Å². The van der Waals surface area contributed by atoms with Crippen LogP contribution in [0.25, 0.3) is 0 Å². The molecule has 4 N–H and O–H groups in total. The molecule has 2 saturated carbocycles. The van der Waals surface area contributed by atoms with Crippen LogP contribution >= 0.6 is 0 Å². The summed E-state index contributed by atoms with van der Waals surface area (Å²) in [6, 6.07) is 47.9. The van der Waals surface area contributed by atoms with Gasteiger partial charge in [-0.3, -0.25) is 59.0 Å². The largest absolute Gasteiger partial charge is 0.344 e. The van der Waals surface area contributed by atoms with E-state index < -0.39 is 11.1 Å². The smallest absolute Gasteiger partial charge is 0.252 e. The molecule has 8 heterocycles. The van der Waals surface area contributed by atoms with Gasteiger partial charge in [0.25, 0.3) is 23.6 Å². The number of carbonyl (C=O) groups is 4. The SMILES string of the molecule is CCC(NC(=O)c1ccc(F)cc1)c1ccc2c(n1)CCCC2c1cncc(C)c1.CCC(NC(=O)c1ccc(F)cc1)c1ccc2c(n1)CCC[C@@H]2c1cncc(C)c1.Cc1cncc(C2CCCc3nc(C4(NC(=O)c5ccc(F)cc5)CC4)ccc32)c1.Cc1cncc(C2CCCc3nc(C4(NC(=O)c5ccc(F)cc5)CC4)ccc32)c1. The third-order valence-corrected chi connectivity index (χ3v) is 24.2. The molecule has 5 unspecified atom stereocenters. The highest BCUT2D eigenvalue weighted by molar-refractivity contribution is 5.96. The van der Waals surface area contributed by atoms with E-state index in [0.29, 0.717) is 45.9 Å². The van der Waals surface area contributed by atoms with Gasteiger partial charge in [0.1, 0.15) is 23.3 Å². The average Bonchev–Trinajstić information content (AvgIpc) is 1.59. The van der Waals surface area contributed by atoms with Crippen molar-refractivity contribution in [3.05, 3.63) is 377 Å². The second kappa shape index (κ2) is 36.9. The Morgan fingerprint density at radius 3 is 0.858 bits per heavy atom. The van der Waals surface area contributed by atoms with E-state index in [1.54, 1.807) is 0 Å². The van der Waals surface area contributed by atoms with Crippen LogP contribution in [0.5, 0.6) is 0 Å². The molecule has 18 rings (SSSR count). The van der Waals surface area contributed by atoms with Crippen LogP contribution in [0.1, 0.15) is 293 Å². The highest BCUT2D eigenvalue weighted by Crippen LogP contribution is 2.49. The Morgan fingerprint density at radius 1 is 0.342 bits per heavy atom. The molecule has 8 aromatic heterocycles. The first-order valence-corrected chi connectivity index (χ1v) is 42.1. The monoisotopic (exact) mass is 1610 g/mol. The summed E-state index contributed by atoms with van der Waals surface area (Å²) in [5.41, 5.74) is 23.8. The standard InChI is InChI=1S/2C25H24FN3O.2C25H26FN3O/c2*1-16-13-18(15-27-14-16)20-3-2-4-22-21(20)9-10-23(28-22)25(11-12-25)29-24(30)17-5-7-19(26)8-6-17;2*1-3-22(29-25(30)17-7-9-19(26)10-8-17)24-12-11-21-20(5-4-6-23(21)28-24)18-13-16(2)14-27-15-18/h2*5-10,13-15,20H,2-4,11-12H2,1H3,(H,29,30);2*7-15,20,22H,3-6H2,1-2H3,(H,29,30)/t;;20-,22?;/m..1./s1. The highest BCUT2D eigenvalue weighted by atomic mass is 19.1. The molecule has 2 fully saturated rings. The lowest BCUT2D eigenvalue weighted by molar-refractivity contribution is 0.0921. The Balaban J connectivity index is 0.000000125. The number of rotatable bonds is 18. The van der Waals surface area contributed by atoms with E-state index in [1.165, 1.54) is 164 Å². The topological polar surface area (TPSA) is 220 Å². The number of nitrogens with one attached hydrogen (secondary N) is 4.